The number of hydrogen-bond acceptors (Lipinski definition) is 4. The van der Waals surface area contributed by atoms with Gasteiger partial charge < -0.3 is 16.0 Å². The van der Waals surface area contributed by atoms with Crippen molar-refractivity contribution in [3.05, 3.63) is 12.3 Å². The van der Waals surface area contributed by atoms with E-state index in [-0.39, 0.29) is 12.5 Å². The van der Waals surface area contributed by atoms with Crippen molar-refractivity contribution in [1.29, 1.82) is 0 Å². The van der Waals surface area contributed by atoms with Gasteiger partial charge in [-0.05, 0) is 25.5 Å². The van der Waals surface area contributed by atoms with Crippen LogP contribution in [0.1, 0.15) is 19.8 Å². The topological polar surface area (TPSA) is 76.2 Å². The molecular formula is C12H21N5O. The van der Waals surface area contributed by atoms with Gasteiger partial charge in [-0.15, -0.1) is 0 Å². The molecule has 0 spiro atoms. The number of carbonyl (C=O) groups excluding carboxylic acids is 1. The molecule has 18 heavy (non-hydrogen) atoms. The van der Waals surface area contributed by atoms with Crippen molar-refractivity contribution in [3.63, 3.8) is 0 Å². The van der Waals surface area contributed by atoms with E-state index in [0.29, 0.717) is 11.9 Å². The number of carbonyl (C=O) groups is 1. The van der Waals surface area contributed by atoms with Crippen LogP contribution < -0.4 is 11.1 Å². The fourth-order valence-corrected chi connectivity index (χ4v) is 2.28. The summed E-state index contributed by atoms with van der Waals surface area (Å²) >= 11 is 0. The summed E-state index contributed by atoms with van der Waals surface area (Å²) in [5.41, 5.74) is 5.50. The van der Waals surface area contributed by atoms with Crippen molar-refractivity contribution in [2.75, 3.05) is 25.4 Å². The molecule has 0 atom stereocenters. The molecular weight excluding hydrogens is 230 g/mol. The number of nitrogens with zero attached hydrogens (tertiary/aromatic N) is 3. The highest BCUT2D eigenvalue weighted by atomic mass is 16.2. The lowest BCUT2D eigenvalue weighted by atomic mass is 10.1. The molecule has 1 saturated heterocycles. The van der Waals surface area contributed by atoms with Gasteiger partial charge in [0.25, 0.3) is 0 Å². The van der Waals surface area contributed by atoms with Gasteiger partial charge in [-0.3, -0.25) is 9.48 Å². The van der Waals surface area contributed by atoms with Crippen LogP contribution in [-0.4, -0.2) is 46.3 Å². The zero-order valence-electron chi connectivity index (χ0n) is 10.8. The molecule has 1 aliphatic heterocycles. The summed E-state index contributed by atoms with van der Waals surface area (Å²) in [6.45, 7) is 5.63. The average Bonchev–Trinajstić information content (AvgIpc) is 2.75. The molecule has 1 amide bonds. The second-order valence-electron chi connectivity index (χ2n) is 4.71. The lowest BCUT2D eigenvalue weighted by Crippen LogP contribution is -2.45. The molecule has 1 aromatic rings. The summed E-state index contributed by atoms with van der Waals surface area (Å²) in [6.07, 6.45) is 3.77. The Labute approximate surface area is 107 Å². The normalized spacial score (nSPS) is 17.8. The summed E-state index contributed by atoms with van der Waals surface area (Å²) in [5.74, 6) is 0.451. The lowest BCUT2D eigenvalue weighted by Gasteiger charge is -2.31. The number of anilines is 1. The molecule has 6 nitrogen and oxygen atoms in total. The Morgan fingerprint density at radius 1 is 1.56 bits per heavy atom. The van der Waals surface area contributed by atoms with E-state index in [1.54, 1.807) is 16.9 Å². The number of nitrogens with one attached hydrogen (secondary N) is 1. The largest absolute Gasteiger partial charge is 0.382 e. The van der Waals surface area contributed by atoms with Gasteiger partial charge in [0.15, 0.2) is 0 Å². The van der Waals surface area contributed by atoms with Crippen molar-refractivity contribution < 1.29 is 4.79 Å². The first-order valence-electron chi connectivity index (χ1n) is 6.48. The Balaban J connectivity index is 1.75. The number of amides is 1. The van der Waals surface area contributed by atoms with Crippen LogP contribution in [0.3, 0.4) is 0 Å². The minimum atomic E-state index is 0.00745. The number of nitrogen functional groups attached to an aromatic ring is 1. The van der Waals surface area contributed by atoms with Gasteiger partial charge >= 0.3 is 0 Å². The van der Waals surface area contributed by atoms with Crippen molar-refractivity contribution in [2.24, 2.45) is 0 Å². The predicted molar refractivity (Wildman–Crippen MR) is 69.9 cm³/mol. The molecule has 1 fully saturated rings. The number of aromatic nitrogens is 2. The van der Waals surface area contributed by atoms with Crippen LogP contribution in [0.5, 0.6) is 0 Å². The van der Waals surface area contributed by atoms with Crippen LogP contribution in [0.4, 0.5) is 5.82 Å². The van der Waals surface area contributed by atoms with E-state index in [9.17, 15) is 4.79 Å². The van der Waals surface area contributed by atoms with E-state index in [4.69, 9.17) is 5.73 Å². The standard InChI is InChI=1S/C12H21N5O/c1-2-16-6-3-10(4-7-16)14-12(18)9-17-8-5-11(13)15-17/h5,8,10H,2-4,6-7,9H2,1H3,(H2,13,15)(H,14,18). The maximum absolute atomic E-state index is 11.8. The third-order valence-corrected chi connectivity index (χ3v) is 3.37. The van der Waals surface area contributed by atoms with Crippen LogP contribution >= 0.6 is 0 Å². The summed E-state index contributed by atoms with van der Waals surface area (Å²) < 4.78 is 1.56. The third-order valence-electron chi connectivity index (χ3n) is 3.37. The minimum absolute atomic E-state index is 0.00745. The van der Waals surface area contributed by atoms with Gasteiger partial charge in [0.1, 0.15) is 12.4 Å². The molecule has 6 heteroatoms. The number of piperidine rings is 1. The number of hydrogen-bond donors (Lipinski definition) is 2. The first-order chi connectivity index (χ1) is 8.67. The van der Waals surface area contributed by atoms with E-state index < -0.39 is 0 Å². The van der Waals surface area contributed by atoms with E-state index in [1.165, 1.54) is 0 Å². The number of nitrogens with two attached hydrogens (primary N) is 1. The fraction of sp³-hybridized carbons (Fsp3) is 0.667. The van der Waals surface area contributed by atoms with Crippen molar-refractivity contribution in [3.8, 4) is 0 Å². The summed E-state index contributed by atoms with van der Waals surface area (Å²) in [5, 5.41) is 7.05. The number of rotatable bonds is 4. The molecule has 0 aliphatic carbocycles. The van der Waals surface area contributed by atoms with Gasteiger partial charge in [-0.2, -0.15) is 5.10 Å². The highest BCUT2D eigenvalue weighted by Gasteiger charge is 2.19. The van der Waals surface area contributed by atoms with Crippen molar-refractivity contribution in [2.45, 2.75) is 32.4 Å². The Hall–Kier alpha value is -1.56. The average molecular weight is 251 g/mol. The van der Waals surface area contributed by atoms with Crippen LogP contribution in [0.15, 0.2) is 12.3 Å². The fourth-order valence-electron chi connectivity index (χ4n) is 2.28. The molecule has 0 saturated carbocycles. The summed E-state index contributed by atoms with van der Waals surface area (Å²) in [6, 6.07) is 1.99. The molecule has 0 unspecified atom stereocenters. The third kappa shape index (κ3) is 3.46. The molecule has 0 radical (unpaired) electrons. The Bertz CT molecular complexity index is 395. The zero-order chi connectivity index (χ0) is 13.0. The van der Waals surface area contributed by atoms with E-state index in [0.717, 1.165) is 32.5 Å². The van der Waals surface area contributed by atoms with Crippen molar-refractivity contribution >= 4 is 11.7 Å². The minimum Gasteiger partial charge on any atom is -0.382 e. The van der Waals surface area contributed by atoms with Gasteiger partial charge in [0.2, 0.25) is 5.91 Å². The second kappa shape index (κ2) is 5.86. The molecule has 100 valence electrons. The lowest BCUT2D eigenvalue weighted by molar-refractivity contribution is -0.122. The molecule has 0 bridgehead atoms. The van der Waals surface area contributed by atoms with Crippen LogP contribution in [0.25, 0.3) is 0 Å². The maximum atomic E-state index is 11.8. The van der Waals surface area contributed by atoms with Crippen LogP contribution in [-0.2, 0) is 11.3 Å². The van der Waals surface area contributed by atoms with Gasteiger partial charge in [-0.1, -0.05) is 6.92 Å². The molecule has 0 aromatic carbocycles. The van der Waals surface area contributed by atoms with Gasteiger partial charge in [0.05, 0.1) is 0 Å². The highest BCUT2D eigenvalue weighted by Crippen LogP contribution is 2.09. The van der Waals surface area contributed by atoms with E-state index in [1.807, 2.05) is 0 Å². The SMILES string of the molecule is CCN1CCC(NC(=O)Cn2ccc(N)n2)CC1. The predicted octanol–water partition coefficient (Wildman–Crippen LogP) is 0.0658. The monoisotopic (exact) mass is 251 g/mol. The molecule has 3 N–H and O–H groups in total. The summed E-state index contributed by atoms with van der Waals surface area (Å²) in [7, 11) is 0. The van der Waals surface area contributed by atoms with Crippen LogP contribution in [0, 0.1) is 0 Å². The molecule has 2 rings (SSSR count). The maximum Gasteiger partial charge on any atom is 0.241 e. The van der Waals surface area contributed by atoms with Crippen molar-refractivity contribution in [1.82, 2.24) is 20.0 Å². The van der Waals surface area contributed by atoms with Crippen LogP contribution in [0.2, 0.25) is 0 Å². The van der Waals surface area contributed by atoms with E-state index >= 15 is 0 Å². The first kappa shape index (κ1) is 12.9. The Morgan fingerprint density at radius 2 is 2.28 bits per heavy atom. The van der Waals surface area contributed by atoms with Gasteiger partial charge in [-0.25, -0.2) is 0 Å². The van der Waals surface area contributed by atoms with E-state index in [2.05, 4.69) is 22.2 Å². The quantitative estimate of drug-likeness (QED) is 0.793. The molecule has 1 aromatic heterocycles. The highest BCUT2D eigenvalue weighted by molar-refractivity contribution is 5.76. The molecule has 2 heterocycles. The first-order valence-corrected chi connectivity index (χ1v) is 6.48. The Kier molecular flexibility index (Phi) is 4.19. The second-order valence-corrected chi connectivity index (χ2v) is 4.71. The summed E-state index contributed by atoms with van der Waals surface area (Å²) in [4.78, 5) is 14.2. The molecule has 1 aliphatic rings. The smallest absolute Gasteiger partial charge is 0.241 e. The van der Waals surface area contributed by atoms with Gasteiger partial charge in [0, 0.05) is 25.3 Å². The number of likely N-dealkylation sites (tertiary alicyclic amines) is 1. The Morgan fingerprint density at radius 3 is 2.83 bits per heavy atom. The zero-order valence-corrected chi connectivity index (χ0v) is 10.8.